The molecule has 1 heterocycles. The maximum Gasteiger partial charge on any atom is 0.250 e. The molecule has 5 nitrogen and oxygen atoms in total. The van der Waals surface area contributed by atoms with Crippen LogP contribution < -0.4 is 16.4 Å². The van der Waals surface area contributed by atoms with Gasteiger partial charge in [-0.05, 0) is 18.6 Å². The van der Waals surface area contributed by atoms with Gasteiger partial charge in [0.25, 0.3) is 5.91 Å². The minimum Gasteiger partial charge on any atom is -0.397 e. The van der Waals surface area contributed by atoms with Gasteiger partial charge in [0.05, 0.1) is 23.0 Å². The normalized spacial score (nSPS) is 19.6. The summed E-state index contributed by atoms with van der Waals surface area (Å²) in [6.07, 6.45) is 1.12. The summed E-state index contributed by atoms with van der Waals surface area (Å²) in [7, 11) is 1.69. The Morgan fingerprint density at radius 3 is 2.88 bits per heavy atom. The van der Waals surface area contributed by atoms with Gasteiger partial charge in [-0.25, -0.2) is 0 Å². The predicted molar refractivity (Wildman–Crippen MR) is 67.0 cm³/mol. The third-order valence-electron chi connectivity index (χ3n) is 3.13. The van der Waals surface area contributed by atoms with Crippen molar-refractivity contribution in [2.45, 2.75) is 12.5 Å². The Morgan fingerprint density at radius 2 is 2.29 bits per heavy atom. The van der Waals surface area contributed by atoms with Gasteiger partial charge in [-0.1, -0.05) is 6.07 Å². The van der Waals surface area contributed by atoms with Gasteiger partial charge in [-0.15, -0.1) is 0 Å². The lowest BCUT2D eigenvalue weighted by atomic mass is 10.1. The average molecular weight is 235 g/mol. The molecule has 1 aliphatic heterocycles. The Labute approximate surface area is 100 Å². The number of carbonyl (C=O) groups is 1. The van der Waals surface area contributed by atoms with Crippen LogP contribution in [0.2, 0.25) is 0 Å². The van der Waals surface area contributed by atoms with Gasteiger partial charge < -0.3 is 21.1 Å². The standard InChI is InChI=1S/C12H17N3O2/c1-17-8-5-6-15(7-8)11-9(12(14)16)3-2-4-10(11)13/h2-4,8H,5-7,13H2,1H3,(H2,14,16). The van der Waals surface area contributed by atoms with Crippen molar-refractivity contribution in [2.75, 3.05) is 30.8 Å². The van der Waals surface area contributed by atoms with Crippen LogP contribution in [0.4, 0.5) is 11.4 Å². The fraction of sp³-hybridized carbons (Fsp3) is 0.417. The molecule has 1 atom stereocenters. The molecule has 1 unspecified atom stereocenters. The molecule has 0 aliphatic carbocycles. The van der Waals surface area contributed by atoms with E-state index in [1.807, 2.05) is 0 Å². The second-order valence-corrected chi connectivity index (χ2v) is 4.20. The van der Waals surface area contributed by atoms with Crippen LogP contribution >= 0.6 is 0 Å². The molecule has 0 aromatic heterocycles. The second kappa shape index (κ2) is 4.63. The first-order chi connectivity index (χ1) is 8.13. The minimum absolute atomic E-state index is 0.190. The van der Waals surface area contributed by atoms with Crippen molar-refractivity contribution in [3.8, 4) is 0 Å². The van der Waals surface area contributed by atoms with Crippen molar-refractivity contribution < 1.29 is 9.53 Å². The molecule has 4 N–H and O–H groups in total. The van der Waals surface area contributed by atoms with Gasteiger partial charge in [0.15, 0.2) is 0 Å². The maximum atomic E-state index is 11.4. The third-order valence-corrected chi connectivity index (χ3v) is 3.13. The topological polar surface area (TPSA) is 81.6 Å². The number of nitrogens with zero attached hydrogens (tertiary/aromatic N) is 1. The smallest absolute Gasteiger partial charge is 0.250 e. The number of ether oxygens (including phenoxy) is 1. The molecule has 0 bridgehead atoms. The Hall–Kier alpha value is -1.75. The number of carbonyl (C=O) groups excluding carboxylic acids is 1. The summed E-state index contributed by atoms with van der Waals surface area (Å²) in [5.41, 5.74) is 13.1. The van der Waals surface area contributed by atoms with Crippen LogP contribution in [-0.4, -0.2) is 32.2 Å². The van der Waals surface area contributed by atoms with Crippen molar-refractivity contribution in [2.24, 2.45) is 5.73 Å². The molecule has 5 heteroatoms. The van der Waals surface area contributed by atoms with E-state index in [4.69, 9.17) is 16.2 Å². The van der Waals surface area contributed by atoms with E-state index in [0.29, 0.717) is 11.3 Å². The number of hydrogen-bond donors (Lipinski definition) is 2. The van der Waals surface area contributed by atoms with Gasteiger partial charge in [0.2, 0.25) is 0 Å². The van der Waals surface area contributed by atoms with E-state index in [-0.39, 0.29) is 6.10 Å². The number of anilines is 2. The number of rotatable bonds is 3. The highest BCUT2D eigenvalue weighted by atomic mass is 16.5. The molecule has 17 heavy (non-hydrogen) atoms. The third kappa shape index (κ3) is 2.19. The number of para-hydroxylation sites is 1. The zero-order chi connectivity index (χ0) is 12.4. The lowest BCUT2D eigenvalue weighted by molar-refractivity contribution is 0.100. The first kappa shape index (κ1) is 11.7. The number of benzene rings is 1. The molecule has 1 fully saturated rings. The van der Waals surface area contributed by atoms with E-state index in [9.17, 15) is 4.79 Å². The summed E-state index contributed by atoms with van der Waals surface area (Å²) in [5, 5.41) is 0. The first-order valence-electron chi connectivity index (χ1n) is 5.59. The molecule has 2 rings (SSSR count). The zero-order valence-electron chi connectivity index (χ0n) is 9.85. The molecular weight excluding hydrogens is 218 g/mol. The molecule has 1 saturated heterocycles. The van der Waals surface area contributed by atoms with Crippen LogP contribution in [0.15, 0.2) is 18.2 Å². The fourth-order valence-corrected chi connectivity index (χ4v) is 2.24. The molecule has 1 aliphatic rings. The lowest BCUT2D eigenvalue weighted by Crippen LogP contribution is -2.26. The van der Waals surface area contributed by atoms with Crippen LogP contribution in [0.25, 0.3) is 0 Å². The van der Waals surface area contributed by atoms with Crippen LogP contribution in [0, 0.1) is 0 Å². The molecule has 1 amide bonds. The van der Waals surface area contributed by atoms with Crippen LogP contribution in [0.1, 0.15) is 16.8 Å². The van der Waals surface area contributed by atoms with Crippen molar-refractivity contribution in [1.82, 2.24) is 0 Å². The number of amides is 1. The van der Waals surface area contributed by atoms with Gasteiger partial charge in [0, 0.05) is 20.2 Å². The minimum atomic E-state index is -0.451. The van der Waals surface area contributed by atoms with Gasteiger partial charge in [0.1, 0.15) is 0 Å². The van der Waals surface area contributed by atoms with Crippen LogP contribution in [0.5, 0.6) is 0 Å². The highest BCUT2D eigenvalue weighted by Gasteiger charge is 2.26. The summed E-state index contributed by atoms with van der Waals surface area (Å²) < 4.78 is 5.30. The van der Waals surface area contributed by atoms with E-state index in [2.05, 4.69) is 4.90 Å². The van der Waals surface area contributed by atoms with Gasteiger partial charge in [-0.2, -0.15) is 0 Å². The second-order valence-electron chi connectivity index (χ2n) is 4.20. The van der Waals surface area contributed by atoms with Crippen molar-refractivity contribution in [3.05, 3.63) is 23.8 Å². The monoisotopic (exact) mass is 235 g/mol. The Balaban J connectivity index is 2.34. The van der Waals surface area contributed by atoms with E-state index in [1.54, 1.807) is 25.3 Å². The van der Waals surface area contributed by atoms with Gasteiger partial charge >= 0.3 is 0 Å². The van der Waals surface area contributed by atoms with E-state index < -0.39 is 5.91 Å². The SMILES string of the molecule is COC1CCN(c2c(N)cccc2C(N)=O)C1. The fourth-order valence-electron chi connectivity index (χ4n) is 2.24. The first-order valence-corrected chi connectivity index (χ1v) is 5.59. The molecule has 0 radical (unpaired) electrons. The van der Waals surface area contributed by atoms with E-state index in [1.165, 1.54) is 0 Å². The Kier molecular flexibility index (Phi) is 3.19. The zero-order valence-corrected chi connectivity index (χ0v) is 9.85. The number of nitrogen functional groups attached to an aromatic ring is 1. The average Bonchev–Trinajstić information content (AvgIpc) is 2.76. The molecule has 1 aromatic rings. The van der Waals surface area contributed by atoms with Gasteiger partial charge in [-0.3, -0.25) is 4.79 Å². The highest BCUT2D eigenvalue weighted by Crippen LogP contribution is 2.31. The van der Waals surface area contributed by atoms with Crippen molar-refractivity contribution in [3.63, 3.8) is 0 Å². The van der Waals surface area contributed by atoms with E-state index in [0.717, 1.165) is 25.2 Å². The summed E-state index contributed by atoms with van der Waals surface area (Å²) in [4.78, 5) is 13.4. The Morgan fingerprint density at radius 1 is 1.53 bits per heavy atom. The summed E-state index contributed by atoms with van der Waals surface area (Å²) in [6, 6.07) is 5.22. The lowest BCUT2D eigenvalue weighted by Gasteiger charge is -2.22. The molecule has 0 saturated carbocycles. The quantitative estimate of drug-likeness (QED) is 0.751. The number of primary amides is 1. The summed E-state index contributed by atoms with van der Waals surface area (Å²) >= 11 is 0. The molecule has 0 spiro atoms. The largest absolute Gasteiger partial charge is 0.397 e. The van der Waals surface area contributed by atoms with E-state index >= 15 is 0 Å². The van der Waals surface area contributed by atoms with Crippen LogP contribution in [0.3, 0.4) is 0 Å². The highest BCUT2D eigenvalue weighted by molar-refractivity contribution is 6.01. The number of hydrogen-bond acceptors (Lipinski definition) is 4. The predicted octanol–water partition coefficient (Wildman–Crippen LogP) is 0.593. The summed E-state index contributed by atoms with van der Waals surface area (Å²) in [6.45, 7) is 1.57. The number of nitrogens with two attached hydrogens (primary N) is 2. The molecular formula is C12H17N3O2. The Bertz CT molecular complexity index is 434. The molecule has 1 aromatic carbocycles. The number of methoxy groups -OCH3 is 1. The van der Waals surface area contributed by atoms with Crippen LogP contribution in [-0.2, 0) is 4.74 Å². The summed E-state index contributed by atoms with van der Waals surface area (Å²) in [5.74, 6) is -0.451. The maximum absolute atomic E-state index is 11.4. The van der Waals surface area contributed by atoms with Crippen molar-refractivity contribution >= 4 is 17.3 Å². The van der Waals surface area contributed by atoms with Crippen molar-refractivity contribution in [1.29, 1.82) is 0 Å². The molecule has 92 valence electrons.